The van der Waals surface area contributed by atoms with E-state index in [2.05, 4.69) is 4.72 Å². The number of benzene rings is 1. The predicted molar refractivity (Wildman–Crippen MR) is 89.2 cm³/mol. The predicted octanol–water partition coefficient (Wildman–Crippen LogP) is 2.03. The molecule has 8 heteroatoms. The number of halogens is 1. The summed E-state index contributed by atoms with van der Waals surface area (Å²) >= 11 is 0. The van der Waals surface area contributed by atoms with E-state index in [1.54, 1.807) is 0 Å². The highest BCUT2D eigenvalue weighted by Gasteiger charge is 2.41. The highest BCUT2D eigenvalue weighted by atomic mass is 32.2. The van der Waals surface area contributed by atoms with E-state index in [-0.39, 0.29) is 24.0 Å². The molecule has 24 heavy (non-hydrogen) atoms. The van der Waals surface area contributed by atoms with Crippen LogP contribution in [-0.2, 0) is 10.0 Å². The lowest BCUT2D eigenvalue weighted by atomic mass is 9.74. The fraction of sp³-hybridized carbons (Fsp3) is 0.625. The molecular weight excluding hydrogens is 335 g/mol. The third-order valence-electron chi connectivity index (χ3n) is 4.88. The lowest BCUT2D eigenvalue weighted by Crippen LogP contribution is -2.59. The molecule has 1 aromatic rings. The van der Waals surface area contributed by atoms with Crippen molar-refractivity contribution in [1.82, 2.24) is 4.72 Å². The Morgan fingerprint density at radius 2 is 1.92 bits per heavy atom. The molecule has 0 spiro atoms. The van der Waals surface area contributed by atoms with Crippen molar-refractivity contribution in [2.45, 2.75) is 43.0 Å². The molecule has 1 saturated carbocycles. The number of rotatable bonds is 6. The van der Waals surface area contributed by atoms with Gasteiger partial charge >= 0.3 is 0 Å². The second kappa shape index (κ2) is 7.25. The molecule has 0 saturated heterocycles. The van der Waals surface area contributed by atoms with Crippen LogP contribution in [0.3, 0.4) is 0 Å². The van der Waals surface area contributed by atoms with Crippen LogP contribution in [0, 0.1) is 11.7 Å². The third kappa shape index (κ3) is 3.50. The van der Waals surface area contributed by atoms with Gasteiger partial charge in [-0.15, -0.1) is 0 Å². The molecule has 0 radical (unpaired) electrons. The first-order valence-electron chi connectivity index (χ1n) is 7.95. The van der Waals surface area contributed by atoms with Gasteiger partial charge in [0.25, 0.3) is 0 Å². The van der Waals surface area contributed by atoms with Gasteiger partial charge in [-0.25, -0.2) is 17.5 Å². The highest BCUT2D eigenvalue weighted by molar-refractivity contribution is 7.89. The first-order valence-corrected chi connectivity index (χ1v) is 9.43. The van der Waals surface area contributed by atoms with Crippen LogP contribution in [0.15, 0.2) is 17.0 Å². The molecule has 0 amide bonds. The van der Waals surface area contributed by atoms with Crippen LogP contribution in [0.1, 0.15) is 32.6 Å². The smallest absolute Gasteiger partial charge is 0.244 e. The van der Waals surface area contributed by atoms with Gasteiger partial charge in [0.1, 0.15) is 10.7 Å². The fourth-order valence-corrected chi connectivity index (χ4v) is 4.88. The van der Waals surface area contributed by atoms with E-state index >= 15 is 0 Å². The summed E-state index contributed by atoms with van der Waals surface area (Å²) in [6, 6.07) is 2.14. The number of methoxy groups -OCH3 is 2. The topological polar surface area (TPSA) is 90.7 Å². The lowest BCUT2D eigenvalue weighted by molar-refractivity contribution is 0.191. The molecule has 6 nitrogen and oxygen atoms in total. The largest absolute Gasteiger partial charge is 0.493 e. The molecule has 2 atom stereocenters. The molecule has 0 aliphatic heterocycles. The summed E-state index contributed by atoms with van der Waals surface area (Å²) in [6.45, 7) is 2.14. The summed E-state index contributed by atoms with van der Waals surface area (Å²) in [5.41, 5.74) is 5.14. The second-order valence-corrected chi connectivity index (χ2v) is 7.90. The molecule has 3 N–H and O–H groups in total. The van der Waals surface area contributed by atoms with Crippen molar-refractivity contribution in [1.29, 1.82) is 0 Å². The van der Waals surface area contributed by atoms with E-state index in [9.17, 15) is 12.8 Å². The molecule has 0 bridgehead atoms. The quantitative estimate of drug-likeness (QED) is 0.810. The van der Waals surface area contributed by atoms with Crippen LogP contribution in [0.25, 0.3) is 0 Å². The number of hydrogen-bond acceptors (Lipinski definition) is 5. The monoisotopic (exact) mass is 360 g/mol. The molecule has 0 heterocycles. The van der Waals surface area contributed by atoms with Gasteiger partial charge in [-0.1, -0.05) is 19.8 Å². The average Bonchev–Trinajstić information content (AvgIpc) is 2.56. The Kier molecular flexibility index (Phi) is 5.72. The summed E-state index contributed by atoms with van der Waals surface area (Å²) in [4.78, 5) is -0.467. The zero-order valence-corrected chi connectivity index (χ0v) is 15.1. The van der Waals surface area contributed by atoms with Crippen molar-refractivity contribution in [2.75, 3.05) is 20.8 Å². The molecule has 2 unspecified atom stereocenters. The molecular formula is C16H25FN2O4S. The van der Waals surface area contributed by atoms with E-state index < -0.39 is 26.3 Å². The summed E-state index contributed by atoms with van der Waals surface area (Å²) in [5.74, 6) is -0.531. The summed E-state index contributed by atoms with van der Waals surface area (Å²) in [5, 5.41) is 0. The van der Waals surface area contributed by atoms with Crippen molar-refractivity contribution in [3.05, 3.63) is 17.9 Å². The Hall–Kier alpha value is -1.38. The fourth-order valence-electron chi connectivity index (χ4n) is 3.27. The number of nitrogens with one attached hydrogen (secondary N) is 1. The molecule has 136 valence electrons. The lowest BCUT2D eigenvalue weighted by Gasteiger charge is -2.42. The maximum atomic E-state index is 14.3. The molecule has 2 rings (SSSR count). The zero-order valence-electron chi connectivity index (χ0n) is 14.3. The maximum Gasteiger partial charge on any atom is 0.244 e. The molecule has 1 aromatic carbocycles. The number of ether oxygens (including phenoxy) is 2. The van der Waals surface area contributed by atoms with Gasteiger partial charge < -0.3 is 15.2 Å². The zero-order chi connectivity index (χ0) is 18.0. The van der Waals surface area contributed by atoms with Gasteiger partial charge in [-0.05, 0) is 18.8 Å². The Labute approximate surface area is 142 Å². The van der Waals surface area contributed by atoms with Crippen LogP contribution >= 0.6 is 0 Å². The molecule has 1 aliphatic carbocycles. The first kappa shape index (κ1) is 19.0. The minimum absolute atomic E-state index is 0.0780. The Balaban J connectivity index is 2.43. The Morgan fingerprint density at radius 3 is 2.46 bits per heavy atom. The minimum Gasteiger partial charge on any atom is -0.493 e. The highest BCUT2D eigenvalue weighted by Crippen LogP contribution is 2.36. The molecule has 0 aromatic heterocycles. The molecule has 1 aliphatic rings. The summed E-state index contributed by atoms with van der Waals surface area (Å²) < 4.78 is 52.7. The average molecular weight is 360 g/mol. The number of sulfonamides is 1. The van der Waals surface area contributed by atoms with Gasteiger partial charge in [-0.3, -0.25) is 0 Å². The van der Waals surface area contributed by atoms with Crippen molar-refractivity contribution in [3.8, 4) is 11.5 Å². The van der Waals surface area contributed by atoms with E-state index in [1.807, 2.05) is 6.92 Å². The summed E-state index contributed by atoms with van der Waals surface area (Å²) in [6.07, 6.45) is 3.45. The maximum absolute atomic E-state index is 14.3. The van der Waals surface area contributed by atoms with Gasteiger partial charge in [-0.2, -0.15) is 0 Å². The van der Waals surface area contributed by atoms with Gasteiger partial charge in [0, 0.05) is 24.2 Å². The number of nitrogens with two attached hydrogens (primary N) is 1. The Morgan fingerprint density at radius 1 is 1.29 bits per heavy atom. The Bertz CT molecular complexity index is 696. The van der Waals surface area contributed by atoms with Crippen LogP contribution < -0.4 is 19.9 Å². The van der Waals surface area contributed by atoms with Crippen molar-refractivity contribution < 1.29 is 22.3 Å². The normalized spacial score (nSPS) is 24.6. The summed E-state index contributed by atoms with van der Waals surface area (Å²) in [7, 11) is -1.37. The van der Waals surface area contributed by atoms with Crippen molar-refractivity contribution in [2.24, 2.45) is 11.7 Å². The minimum atomic E-state index is -4.09. The first-order chi connectivity index (χ1) is 11.3. The second-order valence-electron chi connectivity index (χ2n) is 6.25. The third-order valence-corrected chi connectivity index (χ3v) is 6.45. The van der Waals surface area contributed by atoms with Gasteiger partial charge in [0.05, 0.1) is 14.2 Å². The van der Waals surface area contributed by atoms with E-state index in [4.69, 9.17) is 15.2 Å². The van der Waals surface area contributed by atoms with Crippen LogP contribution in [0.4, 0.5) is 4.39 Å². The van der Waals surface area contributed by atoms with Crippen LogP contribution in [0.5, 0.6) is 11.5 Å². The van der Waals surface area contributed by atoms with E-state index in [1.165, 1.54) is 14.2 Å². The SMILES string of the molecule is COc1cc(F)c(S(=O)(=O)NC2(CN)CCCCC2C)cc1OC. The number of hydrogen-bond donors (Lipinski definition) is 2. The molecule has 1 fully saturated rings. The van der Waals surface area contributed by atoms with E-state index in [0.717, 1.165) is 31.4 Å². The standard InChI is InChI=1S/C16H25FN2O4S/c1-11-6-4-5-7-16(11,10-18)19-24(20,21)15-9-14(23-3)13(22-2)8-12(15)17/h8-9,11,19H,4-7,10,18H2,1-3H3. The van der Waals surface area contributed by atoms with Crippen LogP contribution in [-0.4, -0.2) is 34.7 Å². The van der Waals surface area contributed by atoms with Crippen molar-refractivity contribution in [3.63, 3.8) is 0 Å². The van der Waals surface area contributed by atoms with Gasteiger partial charge in [0.15, 0.2) is 11.5 Å². The van der Waals surface area contributed by atoms with E-state index in [0.29, 0.717) is 6.42 Å². The van der Waals surface area contributed by atoms with Crippen LogP contribution in [0.2, 0.25) is 0 Å². The van der Waals surface area contributed by atoms with Crippen molar-refractivity contribution >= 4 is 10.0 Å². The van der Waals surface area contributed by atoms with Gasteiger partial charge in [0.2, 0.25) is 10.0 Å².